The number of nitrogens with zero attached hydrogens (tertiary/aromatic N) is 1. The molecule has 0 spiro atoms. The van der Waals surface area contributed by atoms with Gasteiger partial charge in [-0.15, -0.1) is 0 Å². The van der Waals surface area contributed by atoms with Gasteiger partial charge >= 0.3 is 0 Å². The van der Waals surface area contributed by atoms with Crippen LogP contribution in [0, 0.1) is 6.92 Å². The Morgan fingerprint density at radius 1 is 1.25 bits per heavy atom. The predicted molar refractivity (Wildman–Crippen MR) is 77.3 cm³/mol. The van der Waals surface area contributed by atoms with Crippen LogP contribution in [0.15, 0.2) is 39.8 Å². The molecule has 2 rings (SSSR count). The van der Waals surface area contributed by atoms with E-state index in [0.29, 0.717) is 5.69 Å². The highest BCUT2D eigenvalue weighted by Gasteiger charge is 2.16. The maximum Gasteiger partial charge on any atom is 0.264 e. The van der Waals surface area contributed by atoms with Crippen molar-refractivity contribution >= 4 is 21.6 Å². The van der Waals surface area contributed by atoms with Crippen LogP contribution in [0.3, 0.4) is 0 Å². The van der Waals surface area contributed by atoms with E-state index in [0.717, 1.165) is 18.7 Å². The molecule has 1 aromatic carbocycles. The van der Waals surface area contributed by atoms with Crippen LogP contribution in [-0.2, 0) is 10.0 Å². The van der Waals surface area contributed by atoms with Crippen molar-refractivity contribution in [2.24, 2.45) is 0 Å². The molecule has 0 radical (unpaired) electrons. The van der Waals surface area contributed by atoms with Gasteiger partial charge in [-0.25, -0.2) is 13.1 Å². The van der Waals surface area contributed by atoms with E-state index in [1.807, 2.05) is 0 Å². The Morgan fingerprint density at radius 3 is 2.50 bits per heavy atom. The molecule has 0 saturated heterocycles. The van der Waals surface area contributed by atoms with Crippen LogP contribution < -0.4 is 10.0 Å². The zero-order valence-corrected chi connectivity index (χ0v) is 12.2. The van der Waals surface area contributed by atoms with Crippen molar-refractivity contribution in [3.8, 4) is 0 Å². The number of aromatic nitrogens is 1. The third kappa shape index (κ3) is 3.51. The molecule has 0 aliphatic rings. The van der Waals surface area contributed by atoms with E-state index in [4.69, 9.17) is 4.52 Å². The van der Waals surface area contributed by atoms with Gasteiger partial charge in [0, 0.05) is 18.3 Å². The first-order chi connectivity index (χ1) is 9.51. The summed E-state index contributed by atoms with van der Waals surface area (Å²) in [5.41, 5.74) is 1.50. The van der Waals surface area contributed by atoms with E-state index in [9.17, 15) is 8.42 Å². The highest BCUT2D eigenvalue weighted by molar-refractivity contribution is 7.92. The number of aryl methyl sites for hydroxylation is 1. The Bertz CT molecular complexity index is 662. The summed E-state index contributed by atoms with van der Waals surface area (Å²) in [4.78, 5) is 0.175. The monoisotopic (exact) mass is 295 g/mol. The molecule has 0 unspecified atom stereocenters. The lowest BCUT2D eigenvalue weighted by Crippen LogP contribution is -2.12. The minimum absolute atomic E-state index is 0.107. The fourth-order valence-corrected chi connectivity index (χ4v) is 2.60. The fraction of sp³-hybridized carbons (Fsp3) is 0.308. The van der Waals surface area contributed by atoms with Crippen molar-refractivity contribution in [2.45, 2.75) is 25.2 Å². The van der Waals surface area contributed by atoms with E-state index in [1.165, 1.54) is 6.07 Å². The molecule has 0 aliphatic carbocycles. The fourth-order valence-electron chi connectivity index (χ4n) is 1.62. The van der Waals surface area contributed by atoms with Crippen LogP contribution in [0.25, 0.3) is 0 Å². The number of hydrogen-bond donors (Lipinski definition) is 2. The molecule has 0 saturated carbocycles. The van der Waals surface area contributed by atoms with Gasteiger partial charge in [-0.05, 0) is 37.6 Å². The predicted octanol–water partition coefficient (Wildman–Crippen LogP) is 2.61. The smallest absolute Gasteiger partial charge is 0.264 e. The molecule has 2 N–H and O–H groups in total. The molecule has 2 aromatic rings. The van der Waals surface area contributed by atoms with Gasteiger partial charge in [0.1, 0.15) is 0 Å². The summed E-state index contributed by atoms with van der Waals surface area (Å²) in [6.45, 7) is 4.63. The Labute approximate surface area is 118 Å². The van der Waals surface area contributed by atoms with E-state index >= 15 is 0 Å². The van der Waals surface area contributed by atoms with Crippen molar-refractivity contribution in [1.82, 2.24) is 5.16 Å². The van der Waals surface area contributed by atoms with Crippen LogP contribution >= 0.6 is 0 Å². The molecule has 20 heavy (non-hydrogen) atoms. The SMILES string of the molecule is CCCNc1ccc(S(=O)(=O)Nc2cc(C)no2)cc1. The Kier molecular flexibility index (Phi) is 4.29. The molecule has 108 valence electrons. The van der Waals surface area contributed by atoms with Crippen LogP contribution in [0.5, 0.6) is 0 Å². The van der Waals surface area contributed by atoms with Crippen molar-refractivity contribution in [3.05, 3.63) is 36.0 Å². The standard InChI is InChI=1S/C13H17N3O3S/c1-3-8-14-11-4-6-12(7-5-11)20(17,18)16-13-9-10(2)15-19-13/h4-7,9,14,16H,3,8H2,1-2H3. The summed E-state index contributed by atoms with van der Waals surface area (Å²) in [6, 6.07) is 8.08. The van der Waals surface area contributed by atoms with E-state index in [2.05, 4.69) is 22.1 Å². The molecule has 0 amide bonds. The van der Waals surface area contributed by atoms with Gasteiger partial charge in [0.15, 0.2) is 0 Å². The van der Waals surface area contributed by atoms with Crippen molar-refractivity contribution in [3.63, 3.8) is 0 Å². The zero-order valence-electron chi connectivity index (χ0n) is 11.4. The third-order valence-electron chi connectivity index (χ3n) is 2.61. The number of benzene rings is 1. The Hall–Kier alpha value is -2.02. The molecule has 0 aliphatic heterocycles. The summed E-state index contributed by atoms with van der Waals surface area (Å²) >= 11 is 0. The largest absolute Gasteiger partial charge is 0.385 e. The van der Waals surface area contributed by atoms with Gasteiger partial charge in [0.25, 0.3) is 10.0 Å². The number of sulfonamides is 1. The van der Waals surface area contributed by atoms with Crippen LogP contribution in [0.4, 0.5) is 11.6 Å². The quantitative estimate of drug-likeness (QED) is 0.855. The maximum absolute atomic E-state index is 12.1. The van der Waals surface area contributed by atoms with Gasteiger partial charge < -0.3 is 9.84 Å². The van der Waals surface area contributed by atoms with Gasteiger partial charge in [0.2, 0.25) is 5.88 Å². The Balaban J connectivity index is 2.13. The number of anilines is 2. The normalized spacial score (nSPS) is 11.3. The van der Waals surface area contributed by atoms with Crippen LogP contribution in [0.2, 0.25) is 0 Å². The van der Waals surface area contributed by atoms with Gasteiger partial charge in [-0.3, -0.25) is 0 Å². The molecule has 0 atom stereocenters. The maximum atomic E-state index is 12.1. The van der Waals surface area contributed by atoms with Gasteiger partial charge in [0.05, 0.1) is 10.6 Å². The first kappa shape index (κ1) is 14.4. The molecular weight excluding hydrogens is 278 g/mol. The average Bonchev–Trinajstić information content (AvgIpc) is 2.81. The topological polar surface area (TPSA) is 84.2 Å². The summed E-state index contributed by atoms with van der Waals surface area (Å²) in [5.74, 6) is 0.107. The van der Waals surface area contributed by atoms with Crippen molar-refractivity contribution in [2.75, 3.05) is 16.6 Å². The van der Waals surface area contributed by atoms with E-state index in [-0.39, 0.29) is 10.8 Å². The second-order valence-electron chi connectivity index (χ2n) is 4.39. The van der Waals surface area contributed by atoms with Gasteiger partial charge in [-0.1, -0.05) is 12.1 Å². The highest BCUT2D eigenvalue weighted by atomic mass is 32.2. The second kappa shape index (κ2) is 5.96. The van der Waals surface area contributed by atoms with Crippen molar-refractivity contribution in [1.29, 1.82) is 0 Å². The van der Waals surface area contributed by atoms with Crippen LogP contribution in [0.1, 0.15) is 19.0 Å². The molecule has 0 bridgehead atoms. The van der Waals surface area contributed by atoms with E-state index < -0.39 is 10.0 Å². The van der Waals surface area contributed by atoms with E-state index in [1.54, 1.807) is 31.2 Å². The molecule has 1 aromatic heterocycles. The molecule has 7 heteroatoms. The second-order valence-corrected chi connectivity index (χ2v) is 6.07. The third-order valence-corrected chi connectivity index (χ3v) is 3.97. The number of nitrogens with one attached hydrogen (secondary N) is 2. The molecule has 6 nitrogen and oxygen atoms in total. The first-order valence-electron chi connectivity index (χ1n) is 6.31. The summed E-state index contributed by atoms with van der Waals surface area (Å²) in [6.07, 6.45) is 1.01. The number of hydrogen-bond acceptors (Lipinski definition) is 5. The van der Waals surface area contributed by atoms with Crippen LogP contribution in [-0.4, -0.2) is 20.1 Å². The summed E-state index contributed by atoms with van der Waals surface area (Å²) in [7, 11) is -3.65. The summed E-state index contributed by atoms with van der Waals surface area (Å²) in [5, 5.41) is 6.81. The molecule has 1 heterocycles. The highest BCUT2D eigenvalue weighted by Crippen LogP contribution is 2.18. The lowest BCUT2D eigenvalue weighted by molar-refractivity contribution is 0.430. The number of rotatable bonds is 6. The Morgan fingerprint density at radius 2 is 1.95 bits per heavy atom. The molecular formula is C13H17N3O3S. The van der Waals surface area contributed by atoms with Crippen molar-refractivity contribution < 1.29 is 12.9 Å². The lowest BCUT2D eigenvalue weighted by Gasteiger charge is -2.07. The summed E-state index contributed by atoms with van der Waals surface area (Å²) < 4.78 is 31.4. The molecule has 0 fully saturated rings. The first-order valence-corrected chi connectivity index (χ1v) is 7.79. The minimum atomic E-state index is -3.65. The van der Waals surface area contributed by atoms with Gasteiger partial charge in [-0.2, -0.15) is 0 Å². The minimum Gasteiger partial charge on any atom is -0.385 e. The lowest BCUT2D eigenvalue weighted by atomic mass is 10.3. The zero-order chi connectivity index (χ0) is 14.6. The average molecular weight is 295 g/mol.